The third-order valence-corrected chi connectivity index (χ3v) is 9.71. The van der Waals surface area contributed by atoms with Crippen molar-refractivity contribution in [3.8, 4) is 0 Å². The van der Waals surface area contributed by atoms with Crippen molar-refractivity contribution in [1.82, 2.24) is 15.2 Å². The van der Waals surface area contributed by atoms with Crippen LogP contribution in [0.5, 0.6) is 0 Å². The molecule has 1 unspecified atom stereocenters. The summed E-state index contributed by atoms with van der Waals surface area (Å²) in [5, 5.41) is 27.5. The standard InChI is InChI=1S/C23H46N2O4.C14H29NO/c1-17-11-19(2,3)24(20(4,5)12-17)28-15-23(10,27)16-29-25-21(6,7)13-18(26)14-22(25,8)9;1-11(2)10-16-15-13(4,5)8-12(3)9-14(15,6)7/h17-18,26-27H,11-16H2,1-10H3;11-12H,8-10H2,1-7H3. The minimum Gasteiger partial charge on any atom is -0.393 e. The van der Waals surface area contributed by atoms with Gasteiger partial charge < -0.3 is 10.2 Å². The molecule has 8 nitrogen and oxygen atoms in total. The lowest BCUT2D eigenvalue weighted by atomic mass is 9.76. The van der Waals surface area contributed by atoms with Crippen LogP contribution in [0.3, 0.4) is 0 Å². The van der Waals surface area contributed by atoms with Crippen LogP contribution in [0.2, 0.25) is 0 Å². The quantitative estimate of drug-likeness (QED) is 0.265. The van der Waals surface area contributed by atoms with E-state index in [2.05, 4.69) is 121 Å². The van der Waals surface area contributed by atoms with Crippen LogP contribution in [0.4, 0.5) is 0 Å². The monoisotopic (exact) mass is 642 g/mol. The van der Waals surface area contributed by atoms with E-state index < -0.39 is 5.60 Å². The van der Waals surface area contributed by atoms with Crippen LogP contribution < -0.4 is 0 Å². The van der Waals surface area contributed by atoms with Crippen LogP contribution >= 0.6 is 0 Å². The molecule has 1 atom stereocenters. The molecule has 0 aromatic carbocycles. The Morgan fingerprint density at radius 2 is 0.844 bits per heavy atom. The van der Waals surface area contributed by atoms with E-state index >= 15 is 0 Å². The Balaban J connectivity index is 0.000000372. The molecule has 0 spiro atoms. The zero-order valence-electron chi connectivity index (χ0n) is 32.6. The van der Waals surface area contributed by atoms with Gasteiger partial charge in [0.2, 0.25) is 0 Å². The fourth-order valence-corrected chi connectivity index (χ4v) is 9.46. The number of piperidine rings is 3. The van der Waals surface area contributed by atoms with Crippen molar-refractivity contribution in [1.29, 1.82) is 0 Å². The molecule has 0 amide bonds. The second kappa shape index (κ2) is 14.3. The SMILES string of the molecule is CC(C)CON1C(C)(C)CC(C)CC1(C)C.CC1CC(C)(C)N(OCC(C)(O)CON2C(C)(C)CC(O)CC2(C)C)C(C)(C)C1. The van der Waals surface area contributed by atoms with Crippen LogP contribution in [0, 0.1) is 17.8 Å². The summed E-state index contributed by atoms with van der Waals surface area (Å²) in [5.41, 5.74) is -1.64. The normalized spacial score (nSPS) is 28.8. The Morgan fingerprint density at radius 3 is 1.13 bits per heavy atom. The minimum absolute atomic E-state index is 0.0922. The number of hydroxylamine groups is 6. The lowest BCUT2D eigenvalue weighted by Gasteiger charge is -2.54. The van der Waals surface area contributed by atoms with Gasteiger partial charge in [0.05, 0.1) is 25.9 Å². The van der Waals surface area contributed by atoms with Crippen LogP contribution in [0.15, 0.2) is 0 Å². The zero-order valence-corrected chi connectivity index (χ0v) is 32.6. The van der Waals surface area contributed by atoms with Gasteiger partial charge in [-0.05, 0) is 146 Å². The molecule has 8 heteroatoms. The van der Waals surface area contributed by atoms with Gasteiger partial charge >= 0.3 is 0 Å². The first-order valence-corrected chi connectivity index (χ1v) is 17.7. The average Bonchev–Trinajstić information content (AvgIpc) is 2.73. The first kappa shape index (κ1) is 40.9. The first-order chi connectivity index (χ1) is 20.0. The molecule has 2 N–H and O–H groups in total. The molecule has 0 radical (unpaired) electrons. The molecular weight excluding hydrogens is 566 g/mol. The van der Waals surface area contributed by atoms with Crippen LogP contribution in [-0.4, -0.2) is 90.2 Å². The van der Waals surface area contributed by atoms with Crippen LogP contribution in [-0.2, 0) is 14.5 Å². The maximum Gasteiger partial charge on any atom is 0.112 e. The molecule has 3 fully saturated rings. The molecule has 3 saturated heterocycles. The van der Waals surface area contributed by atoms with Gasteiger partial charge in [0.1, 0.15) is 5.60 Å². The second-order valence-electron chi connectivity index (χ2n) is 19.6. The number of nitrogens with zero attached hydrogens (tertiary/aromatic N) is 3. The number of hydrogen-bond donors (Lipinski definition) is 2. The molecular formula is C37H75N3O5. The summed E-state index contributed by atoms with van der Waals surface area (Å²) in [7, 11) is 0. The largest absolute Gasteiger partial charge is 0.393 e. The Kier molecular flexibility index (Phi) is 13.0. The van der Waals surface area contributed by atoms with E-state index in [0.717, 1.165) is 25.4 Å². The van der Waals surface area contributed by atoms with Gasteiger partial charge in [-0.1, -0.05) is 27.7 Å². The Labute approximate surface area is 278 Å². The second-order valence-corrected chi connectivity index (χ2v) is 19.6. The highest BCUT2D eigenvalue weighted by molar-refractivity contribution is 4.98. The van der Waals surface area contributed by atoms with Crippen molar-refractivity contribution in [2.45, 2.75) is 201 Å². The number of aliphatic hydroxyl groups excluding tert-OH is 1. The minimum atomic E-state index is -1.13. The van der Waals surface area contributed by atoms with Crippen molar-refractivity contribution in [3.05, 3.63) is 0 Å². The van der Waals surface area contributed by atoms with Crippen molar-refractivity contribution in [2.24, 2.45) is 17.8 Å². The third-order valence-electron chi connectivity index (χ3n) is 9.71. The van der Waals surface area contributed by atoms with E-state index in [-0.39, 0.29) is 52.6 Å². The van der Waals surface area contributed by atoms with Crippen molar-refractivity contribution >= 4 is 0 Å². The van der Waals surface area contributed by atoms with Gasteiger partial charge in [-0.15, -0.1) is 0 Å². The number of rotatable bonds is 9. The molecule has 0 bridgehead atoms. The molecule has 3 aliphatic rings. The topological polar surface area (TPSA) is 77.9 Å². The maximum absolute atomic E-state index is 11.0. The molecule has 0 aliphatic carbocycles. The van der Waals surface area contributed by atoms with Crippen LogP contribution in [0.25, 0.3) is 0 Å². The summed E-state index contributed by atoms with van der Waals surface area (Å²) in [6.07, 6.45) is 5.51. The summed E-state index contributed by atoms with van der Waals surface area (Å²) < 4.78 is 0. The maximum atomic E-state index is 11.0. The molecule has 3 rings (SSSR count). The molecule has 268 valence electrons. The summed E-state index contributed by atoms with van der Waals surface area (Å²) in [6.45, 7) is 38.2. The molecule has 0 saturated carbocycles. The Bertz CT molecular complexity index is 840. The molecule has 0 aromatic rings. The summed E-state index contributed by atoms with van der Waals surface area (Å²) in [4.78, 5) is 18.5. The lowest BCUT2D eigenvalue weighted by molar-refractivity contribution is -0.331. The van der Waals surface area contributed by atoms with Gasteiger partial charge in [0, 0.05) is 33.2 Å². The highest BCUT2D eigenvalue weighted by Gasteiger charge is 2.49. The first-order valence-electron chi connectivity index (χ1n) is 17.7. The van der Waals surface area contributed by atoms with E-state index in [0.29, 0.717) is 24.7 Å². The average molecular weight is 642 g/mol. The summed E-state index contributed by atoms with van der Waals surface area (Å²) >= 11 is 0. The van der Waals surface area contributed by atoms with E-state index in [1.54, 1.807) is 6.92 Å². The molecule has 0 aromatic heterocycles. The van der Waals surface area contributed by atoms with E-state index in [1.165, 1.54) is 12.8 Å². The highest BCUT2D eigenvalue weighted by atomic mass is 16.7. The molecule has 45 heavy (non-hydrogen) atoms. The van der Waals surface area contributed by atoms with E-state index in [4.69, 9.17) is 14.5 Å². The van der Waals surface area contributed by atoms with E-state index in [1.807, 2.05) is 5.06 Å². The molecule has 3 aliphatic heterocycles. The van der Waals surface area contributed by atoms with Gasteiger partial charge in [-0.2, -0.15) is 15.2 Å². The van der Waals surface area contributed by atoms with Gasteiger partial charge in [0.15, 0.2) is 0 Å². The number of aliphatic hydroxyl groups is 2. The van der Waals surface area contributed by atoms with Crippen LogP contribution in [0.1, 0.15) is 156 Å². The number of hydrogen-bond acceptors (Lipinski definition) is 8. The molecule has 3 heterocycles. The van der Waals surface area contributed by atoms with Gasteiger partial charge in [0.25, 0.3) is 0 Å². The Morgan fingerprint density at radius 1 is 0.578 bits per heavy atom. The Hall–Kier alpha value is -0.320. The lowest BCUT2D eigenvalue weighted by Crippen LogP contribution is -2.63. The smallest absolute Gasteiger partial charge is 0.112 e. The third kappa shape index (κ3) is 11.1. The fourth-order valence-electron chi connectivity index (χ4n) is 9.46. The van der Waals surface area contributed by atoms with Crippen molar-refractivity contribution in [3.63, 3.8) is 0 Å². The summed E-state index contributed by atoms with van der Waals surface area (Å²) in [6, 6.07) is 0. The van der Waals surface area contributed by atoms with Crippen molar-refractivity contribution < 1.29 is 24.7 Å². The van der Waals surface area contributed by atoms with Gasteiger partial charge in [-0.25, -0.2) is 0 Å². The van der Waals surface area contributed by atoms with Crippen molar-refractivity contribution in [2.75, 3.05) is 19.8 Å². The van der Waals surface area contributed by atoms with E-state index in [9.17, 15) is 10.2 Å². The zero-order chi connectivity index (χ0) is 35.0. The fraction of sp³-hybridized carbons (Fsp3) is 1.00. The highest BCUT2D eigenvalue weighted by Crippen LogP contribution is 2.43. The predicted octanol–water partition coefficient (Wildman–Crippen LogP) is 7.77. The predicted molar refractivity (Wildman–Crippen MR) is 185 cm³/mol. The summed E-state index contributed by atoms with van der Waals surface area (Å²) in [5.74, 6) is 2.01. The van der Waals surface area contributed by atoms with Gasteiger partial charge in [-0.3, -0.25) is 14.5 Å².